The van der Waals surface area contributed by atoms with Crippen molar-refractivity contribution >= 4 is 62.3 Å². The van der Waals surface area contributed by atoms with E-state index in [4.69, 9.17) is 28.2 Å². The first-order valence-electron chi connectivity index (χ1n) is 11.3. The largest absolute Gasteiger partial charge is 0.353 e. The van der Waals surface area contributed by atoms with Gasteiger partial charge in [-0.2, -0.15) is 0 Å². The molecule has 1 N–H and O–H groups in total. The van der Waals surface area contributed by atoms with Gasteiger partial charge < -0.3 is 9.88 Å². The number of nitrogens with one attached hydrogen (secondary N) is 1. The zero-order chi connectivity index (χ0) is 23.2. The number of fused-ring (bicyclic) bond motifs is 3. The molecule has 7 heteroatoms. The van der Waals surface area contributed by atoms with Crippen LogP contribution in [0.1, 0.15) is 34.8 Å². The number of H-pyrrole nitrogens is 1. The Morgan fingerprint density at radius 3 is 2.62 bits per heavy atom. The Kier molecular flexibility index (Phi) is 5.56. The zero-order valence-electron chi connectivity index (χ0n) is 18.2. The van der Waals surface area contributed by atoms with Crippen LogP contribution in [0.2, 0.25) is 10.0 Å². The fourth-order valence-electron chi connectivity index (χ4n) is 4.94. The first kappa shape index (κ1) is 21.7. The van der Waals surface area contributed by atoms with Crippen molar-refractivity contribution in [3.05, 3.63) is 87.3 Å². The van der Waals surface area contributed by atoms with Gasteiger partial charge >= 0.3 is 0 Å². The number of likely N-dealkylation sites (tertiary alicyclic amines) is 1. The molecule has 1 aliphatic rings. The number of pyridine rings is 1. The van der Waals surface area contributed by atoms with Crippen molar-refractivity contribution < 1.29 is 4.79 Å². The molecule has 1 fully saturated rings. The van der Waals surface area contributed by atoms with Gasteiger partial charge in [0.2, 0.25) is 0 Å². The number of carbonyl (C=O) groups excluding carboxylic acids is 1. The third kappa shape index (κ3) is 3.68. The minimum absolute atomic E-state index is 0.0272. The quantitative estimate of drug-likeness (QED) is 0.272. The summed E-state index contributed by atoms with van der Waals surface area (Å²) in [5.74, 6) is 0.265. The van der Waals surface area contributed by atoms with Crippen LogP contribution < -0.4 is 0 Å². The van der Waals surface area contributed by atoms with Gasteiger partial charge in [0.05, 0.1) is 20.4 Å². The summed E-state index contributed by atoms with van der Waals surface area (Å²) in [7, 11) is 0. The first-order valence-corrected chi connectivity index (χ1v) is 12.9. The number of halogens is 2. The van der Waals surface area contributed by atoms with Crippen molar-refractivity contribution in [1.82, 2.24) is 14.9 Å². The van der Waals surface area contributed by atoms with Gasteiger partial charge in [0.25, 0.3) is 5.91 Å². The normalized spacial score (nSPS) is 14.8. The van der Waals surface area contributed by atoms with Crippen LogP contribution in [0.15, 0.2) is 66.0 Å². The van der Waals surface area contributed by atoms with Gasteiger partial charge in [-0.15, -0.1) is 11.3 Å². The third-order valence-electron chi connectivity index (χ3n) is 6.67. The molecule has 3 aromatic heterocycles. The molecule has 0 radical (unpaired) electrons. The standard InChI is InChI=1S/C27H21Cl2N3OS/c28-20-7-3-6-17(24(20)29)16-10-12-32(13-11-16)27(33)22-15-19-18-5-1-2-8-21(18)30-25(19)26(31-22)23-9-4-14-34-23/h1-9,14-16,30H,10-13H2. The van der Waals surface area contributed by atoms with E-state index >= 15 is 0 Å². The SMILES string of the molecule is O=C(c1cc2c([nH]c3ccccc32)c(-c2cccs2)n1)N1CCC(c2cccc(Cl)c2Cl)CC1. The molecule has 34 heavy (non-hydrogen) atoms. The molecule has 0 spiro atoms. The van der Waals surface area contributed by atoms with Crippen LogP contribution in [-0.2, 0) is 0 Å². The molecule has 4 nitrogen and oxygen atoms in total. The average Bonchev–Trinajstić information content (AvgIpc) is 3.53. The van der Waals surface area contributed by atoms with Crippen LogP contribution in [-0.4, -0.2) is 33.9 Å². The highest BCUT2D eigenvalue weighted by Crippen LogP contribution is 2.38. The molecule has 6 rings (SSSR count). The number of thiophene rings is 1. The summed E-state index contributed by atoms with van der Waals surface area (Å²) in [4.78, 5) is 24.9. The van der Waals surface area contributed by atoms with Gasteiger partial charge in [0.15, 0.2) is 0 Å². The van der Waals surface area contributed by atoms with Gasteiger partial charge in [0.1, 0.15) is 11.4 Å². The summed E-state index contributed by atoms with van der Waals surface area (Å²) in [5.41, 5.74) is 4.39. The molecule has 1 saturated heterocycles. The van der Waals surface area contributed by atoms with Crippen LogP contribution in [0.4, 0.5) is 0 Å². The Labute approximate surface area is 211 Å². The third-order valence-corrected chi connectivity index (χ3v) is 8.38. The topological polar surface area (TPSA) is 49.0 Å². The number of hydrogen-bond donors (Lipinski definition) is 1. The molecule has 0 aliphatic carbocycles. The molecule has 0 saturated carbocycles. The lowest BCUT2D eigenvalue weighted by atomic mass is 9.89. The van der Waals surface area contributed by atoms with Gasteiger partial charge in [-0.3, -0.25) is 4.79 Å². The van der Waals surface area contributed by atoms with E-state index in [2.05, 4.69) is 17.1 Å². The number of amides is 1. The number of para-hydroxylation sites is 1. The minimum atomic E-state index is -0.0272. The monoisotopic (exact) mass is 505 g/mol. The van der Waals surface area contributed by atoms with Crippen molar-refractivity contribution in [2.75, 3.05) is 13.1 Å². The summed E-state index contributed by atoms with van der Waals surface area (Å²) in [5, 5.41) is 5.36. The summed E-state index contributed by atoms with van der Waals surface area (Å²) in [6.45, 7) is 1.32. The fraction of sp³-hybridized carbons (Fsp3) is 0.185. The fourth-order valence-corrected chi connectivity index (χ4v) is 6.12. The molecule has 5 aromatic rings. The highest BCUT2D eigenvalue weighted by molar-refractivity contribution is 7.13. The summed E-state index contributed by atoms with van der Waals surface area (Å²) < 4.78 is 0. The first-order chi connectivity index (χ1) is 16.6. The number of aromatic nitrogens is 2. The Morgan fingerprint density at radius 1 is 1.00 bits per heavy atom. The van der Waals surface area contributed by atoms with Gasteiger partial charge in [-0.05, 0) is 54.0 Å². The van der Waals surface area contributed by atoms with Crippen molar-refractivity contribution in [2.45, 2.75) is 18.8 Å². The van der Waals surface area contributed by atoms with Gasteiger partial charge in [0, 0.05) is 29.4 Å². The number of aromatic amines is 1. The highest BCUT2D eigenvalue weighted by Gasteiger charge is 2.28. The number of nitrogens with zero attached hydrogens (tertiary/aromatic N) is 2. The predicted molar refractivity (Wildman–Crippen MR) is 141 cm³/mol. The predicted octanol–water partition coefficient (Wildman–Crippen LogP) is 7.77. The van der Waals surface area contributed by atoms with Crippen molar-refractivity contribution in [1.29, 1.82) is 0 Å². The lowest BCUT2D eigenvalue weighted by molar-refractivity contribution is 0.0707. The second-order valence-corrected chi connectivity index (χ2v) is 10.4. The Morgan fingerprint density at radius 2 is 1.82 bits per heavy atom. The van der Waals surface area contributed by atoms with Crippen LogP contribution in [0.3, 0.4) is 0 Å². The number of carbonyl (C=O) groups is 1. The van der Waals surface area contributed by atoms with E-state index in [1.54, 1.807) is 11.3 Å². The maximum absolute atomic E-state index is 13.6. The van der Waals surface area contributed by atoms with E-state index in [-0.39, 0.29) is 5.91 Å². The molecular weight excluding hydrogens is 485 g/mol. The minimum Gasteiger partial charge on any atom is -0.353 e. The summed E-state index contributed by atoms with van der Waals surface area (Å²) >= 11 is 14.3. The number of rotatable bonds is 3. The molecule has 1 aliphatic heterocycles. The lowest BCUT2D eigenvalue weighted by Crippen LogP contribution is -2.38. The van der Waals surface area contributed by atoms with Crippen LogP contribution in [0, 0.1) is 0 Å². The van der Waals surface area contributed by atoms with Crippen molar-refractivity contribution in [3.8, 4) is 10.6 Å². The van der Waals surface area contributed by atoms with E-state index in [0.29, 0.717) is 34.7 Å². The van der Waals surface area contributed by atoms with Crippen molar-refractivity contribution in [2.24, 2.45) is 0 Å². The number of benzene rings is 2. The molecule has 0 bridgehead atoms. The molecule has 2 aromatic carbocycles. The Bertz CT molecular complexity index is 1520. The van der Waals surface area contributed by atoms with Crippen LogP contribution >= 0.6 is 34.5 Å². The van der Waals surface area contributed by atoms with Gasteiger partial charge in [-0.25, -0.2) is 4.98 Å². The van der Waals surface area contributed by atoms with E-state index < -0.39 is 0 Å². The zero-order valence-corrected chi connectivity index (χ0v) is 20.6. The second kappa shape index (κ2) is 8.73. The van der Waals surface area contributed by atoms with E-state index in [1.807, 2.05) is 58.8 Å². The molecule has 170 valence electrons. The van der Waals surface area contributed by atoms with Crippen molar-refractivity contribution in [3.63, 3.8) is 0 Å². The maximum Gasteiger partial charge on any atom is 0.272 e. The van der Waals surface area contributed by atoms with E-state index in [9.17, 15) is 4.79 Å². The molecular formula is C27H21Cl2N3OS. The molecule has 1 amide bonds. The Hall–Kier alpha value is -2.86. The highest BCUT2D eigenvalue weighted by atomic mass is 35.5. The van der Waals surface area contributed by atoms with Crippen LogP contribution in [0.25, 0.3) is 32.4 Å². The smallest absolute Gasteiger partial charge is 0.272 e. The summed E-state index contributed by atoms with van der Waals surface area (Å²) in [6, 6.07) is 20.0. The second-order valence-electron chi connectivity index (χ2n) is 8.64. The van der Waals surface area contributed by atoms with Crippen LogP contribution in [0.5, 0.6) is 0 Å². The average molecular weight is 506 g/mol. The number of hydrogen-bond acceptors (Lipinski definition) is 3. The lowest BCUT2D eigenvalue weighted by Gasteiger charge is -2.32. The number of piperidine rings is 1. The molecule has 0 atom stereocenters. The van der Waals surface area contributed by atoms with E-state index in [0.717, 1.165) is 50.8 Å². The van der Waals surface area contributed by atoms with Gasteiger partial charge in [-0.1, -0.05) is 59.6 Å². The Balaban J connectivity index is 1.34. The molecule has 4 heterocycles. The van der Waals surface area contributed by atoms with E-state index in [1.165, 1.54) is 0 Å². The maximum atomic E-state index is 13.6. The molecule has 0 unspecified atom stereocenters. The summed E-state index contributed by atoms with van der Waals surface area (Å²) in [6.07, 6.45) is 1.69.